The molecule has 2 N–H and O–H groups in total. The molecule has 0 aliphatic rings. The van der Waals surface area contributed by atoms with Crippen molar-refractivity contribution >= 4 is 15.9 Å². The second kappa shape index (κ2) is 12.3. The fraction of sp³-hybridized carbons (Fsp3) is 0.167. The molecule has 46 heavy (non-hydrogen) atoms. The number of benzene rings is 3. The molecule has 0 fully saturated rings. The first-order valence-corrected chi connectivity index (χ1v) is 15.1. The Bertz CT molecular complexity index is 2040. The van der Waals surface area contributed by atoms with Gasteiger partial charge in [-0.25, -0.2) is 22.5 Å². The summed E-state index contributed by atoms with van der Waals surface area (Å²) in [5.41, 5.74) is 1.67. The van der Waals surface area contributed by atoms with Crippen molar-refractivity contribution in [1.29, 1.82) is 0 Å². The van der Waals surface area contributed by atoms with Crippen molar-refractivity contribution in [2.75, 3.05) is 6.26 Å². The average molecular weight is 660 g/mol. The van der Waals surface area contributed by atoms with Crippen LogP contribution in [0.25, 0.3) is 39.4 Å². The summed E-state index contributed by atoms with van der Waals surface area (Å²) in [7, 11) is -3.95. The highest BCUT2D eigenvalue weighted by Gasteiger charge is 2.31. The number of amides is 1. The van der Waals surface area contributed by atoms with Crippen molar-refractivity contribution in [3.63, 3.8) is 0 Å². The monoisotopic (exact) mass is 659 g/mol. The Kier molecular flexibility index (Phi) is 8.60. The lowest BCUT2D eigenvalue weighted by Gasteiger charge is -2.14. The molecule has 0 bridgehead atoms. The number of carboxylic acid groups (broad SMARTS) is 1. The van der Waals surface area contributed by atoms with Gasteiger partial charge in [-0.3, -0.25) is 0 Å². The first kappa shape index (κ1) is 32.2. The first-order chi connectivity index (χ1) is 21.6. The van der Waals surface area contributed by atoms with Crippen molar-refractivity contribution in [3.8, 4) is 45.1 Å². The summed E-state index contributed by atoms with van der Waals surface area (Å²) in [5, 5.41) is 27.0. The Morgan fingerprint density at radius 3 is 2.39 bits per heavy atom. The van der Waals surface area contributed by atoms with Crippen LogP contribution in [0.3, 0.4) is 0 Å². The molecule has 2 heterocycles. The van der Waals surface area contributed by atoms with Crippen molar-refractivity contribution in [2.45, 2.75) is 31.3 Å². The number of nitrogens with one attached hydrogen (secondary N) is 1. The maximum Gasteiger partial charge on any atom is 0.573 e. The lowest BCUT2D eigenvalue weighted by atomic mass is 9.97. The summed E-state index contributed by atoms with van der Waals surface area (Å²) in [5.74, 6) is -1.07. The quantitative estimate of drug-likeness (QED) is 0.217. The number of carbonyl (C=O) groups excluding carboxylic acids is 1. The lowest BCUT2D eigenvalue weighted by molar-refractivity contribution is -0.274. The van der Waals surface area contributed by atoms with E-state index in [4.69, 9.17) is 4.42 Å². The molecule has 0 aliphatic heterocycles. The third kappa shape index (κ3) is 7.02. The Morgan fingerprint density at radius 1 is 1.07 bits per heavy atom. The predicted molar refractivity (Wildman–Crippen MR) is 153 cm³/mol. The van der Waals surface area contributed by atoms with Gasteiger partial charge in [0.05, 0.1) is 29.4 Å². The molecule has 5 aromatic rings. The van der Waals surface area contributed by atoms with Crippen LogP contribution in [-0.4, -0.2) is 47.0 Å². The molecule has 3 aromatic carbocycles. The van der Waals surface area contributed by atoms with Crippen LogP contribution in [0.4, 0.5) is 22.4 Å². The van der Waals surface area contributed by atoms with E-state index in [9.17, 15) is 36.6 Å². The highest BCUT2D eigenvalue weighted by molar-refractivity contribution is 7.90. The molecule has 0 spiro atoms. The number of hydrogen-bond donors (Lipinski definition) is 2. The fourth-order valence-electron chi connectivity index (χ4n) is 4.73. The molecule has 0 unspecified atom stereocenters. The van der Waals surface area contributed by atoms with Gasteiger partial charge in [0.2, 0.25) is 0 Å². The molecular formula is C30H23F4N4O7S-. The van der Waals surface area contributed by atoms with E-state index in [1.807, 2.05) is 0 Å². The zero-order valence-electron chi connectivity index (χ0n) is 23.9. The maximum atomic E-state index is 15.1. The van der Waals surface area contributed by atoms with Gasteiger partial charge in [0.1, 0.15) is 23.4 Å². The second-order valence-electron chi connectivity index (χ2n) is 9.97. The van der Waals surface area contributed by atoms with E-state index in [0.29, 0.717) is 28.1 Å². The van der Waals surface area contributed by atoms with Gasteiger partial charge in [-0.1, -0.05) is 6.07 Å². The van der Waals surface area contributed by atoms with Gasteiger partial charge < -0.3 is 29.5 Å². The third-order valence-electron chi connectivity index (χ3n) is 6.69. The molecule has 0 atom stereocenters. The highest BCUT2D eigenvalue weighted by atomic mass is 32.2. The maximum absolute atomic E-state index is 15.1. The molecule has 240 valence electrons. The van der Waals surface area contributed by atoms with Crippen molar-refractivity contribution in [2.24, 2.45) is 0 Å². The van der Waals surface area contributed by atoms with Gasteiger partial charge in [-0.2, -0.15) is 5.10 Å². The Morgan fingerprint density at radius 2 is 1.76 bits per heavy atom. The number of halogens is 4. The van der Waals surface area contributed by atoms with Gasteiger partial charge in [-0.05, 0) is 65.7 Å². The van der Waals surface area contributed by atoms with Crippen molar-refractivity contribution < 1.29 is 50.1 Å². The summed E-state index contributed by atoms with van der Waals surface area (Å²) >= 11 is 0. The molecule has 16 heteroatoms. The van der Waals surface area contributed by atoms with E-state index >= 15 is 4.39 Å². The smallest absolute Gasteiger partial charge is 0.530 e. The summed E-state index contributed by atoms with van der Waals surface area (Å²) in [6, 6.07) is 13.5. The van der Waals surface area contributed by atoms with E-state index in [-0.39, 0.29) is 35.0 Å². The topological polar surface area (TPSA) is 160 Å². The number of alkyl halides is 3. The molecule has 0 saturated heterocycles. The van der Waals surface area contributed by atoms with Gasteiger partial charge in [0.25, 0.3) is 0 Å². The molecule has 2 aromatic heterocycles. The Labute approximate surface area is 258 Å². The number of ether oxygens (including phenoxy) is 1. The van der Waals surface area contributed by atoms with Crippen LogP contribution in [0, 0.1) is 12.7 Å². The summed E-state index contributed by atoms with van der Waals surface area (Å²) in [6.45, 7) is 0.545. The number of aliphatic hydroxyl groups excluding tert-OH is 1. The number of aromatic nitrogens is 3. The minimum absolute atomic E-state index is 0.138. The predicted octanol–water partition coefficient (Wildman–Crippen LogP) is 4.54. The Hall–Kier alpha value is -5.22. The number of carbonyl (C=O) groups is 1. The minimum Gasteiger partial charge on any atom is -0.530 e. The van der Waals surface area contributed by atoms with Gasteiger partial charge in [0.15, 0.2) is 21.5 Å². The Balaban J connectivity index is 1.69. The number of aliphatic hydroxyl groups is 1. The van der Waals surface area contributed by atoms with Crippen LogP contribution in [0.1, 0.15) is 17.1 Å². The first-order valence-electron chi connectivity index (χ1n) is 13.2. The fourth-order valence-corrected chi connectivity index (χ4v) is 5.68. The molecule has 11 nitrogen and oxygen atoms in total. The molecular weight excluding hydrogens is 636 g/mol. The largest absolute Gasteiger partial charge is 0.573 e. The SMILES string of the molecule is Cc1nc(-c2ccc(OC(F)(F)F)cc2)c(-c2cc(-c3cc(F)c(CO)c(S(C)(=O)=O)c3)ccc2-n2ccc(CNC(=O)[O-])n2)o1. The van der Waals surface area contributed by atoms with E-state index in [0.717, 1.165) is 24.5 Å². The molecule has 5 rings (SSSR count). The van der Waals surface area contributed by atoms with E-state index in [1.54, 1.807) is 31.2 Å². The molecule has 0 radical (unpaired) electrons. The number of nitrogens with zero attached hydrogens (tertiary/aromatic N) is 3. The number of rotatable bonds is 9. The van der Waals surface area contributed by atoms with Crippen LogP contribution in [0.5, 0.6) is 5.75 Å². The van der Waals surface area contributed by atoms with Crippen LogP contribution >= 0.6 is 0 Å². The highest BCUT2D eigenvalue weighted by Crippen LogP contribution is 2.39. The number of oxazole rings is 1. The van der Waals surface area contributed by atoms with Crippen LogP contribution in [-0.2, 0) is 23.0 Å². The summed E-state index contributed by atoms with van der Waals surface area (Å²) in [6.07, 6.45) is -3.97. The zero-order chi connectivity index (χ0) is 33.4. The average Bonchev–Trinajstić information content (AvgIpc) is 3.61. The van der Waals surface area contributed by atoms with Crippen LogP contribution in [0.15, 0.2) is 76.2 Å². The standard InChI is InChI=1S/C30H24F4N4O7S/c1-16-36-27(17-3-6-21(7-4-17)45-30(32,33)34)28(44-16)22-11-18(19-12-24(31)23(15-39)26(13-19)46(2,42)43)5-8-25(22)38-10-9-20(37-38)14-35-29(40)41/h3-13,35,39H,14-15H2,1-2H3,(H,40,41)/p-1. The molecule has 1 amide bonds. The van der Waals surface area contributed by atoms with Gasteiger partial charge in [-0.15, -0.1) is 13.2 Å². The minimum atomic E-state index is -4.89. The van der Waals surface area contributed by atoms with Crippen molar-refractivity contribution in [1.82, 2.24) is 20.1 Å². The molecule has 0 aliphatic carbocycles. The van der Waals surface area contributed by atoms with Crippen LogP contribution < -0.4 is 15.2 Å². The lowest BCUT2D eigenvalue weighted by Crippen LogP contribution is -2.35. The number of hydrogen-bond acceptors (Lipinski definition) is 9. The third-order valence-corrected chi connectivity index (χ3v) is 7.85. The number of aryl methyl sites for hydroxylation is 1. The van der Waals surface area contributed by atoms with Crippen LogP contribution in [0.2, 0.25) is 0 Å². The van der Waals surface area contributed by atoms with Gasteiger partial charge >= 0.3 is 6.36 Å². The second-order valence-corrected chi connectivity index (χ2v) is 12.0. The number of sulfone groups is 1. The molecule has 0 saturated carbocycles. The normalized spacial score (nSPS) is 11.9. The zero-order valence-corrected chi connectivity index (χ0v) is 24.7. The van der Waals surface area contributed by atoms with Gasteiger partial charge in [0, 0.05) is 36.1 Å². The van der Waals surface area contributed by atoms with E-state index in [1.165, 1.54) is 29.1 Å². The van der Waals surface area contributed by atoms with E-state index < -0.39 is 45.4 Å². The summed E-state index contributed by atoms with van der Waals surface area (Å²) < 4.78 is 89.5. The van der Waals surface area contributed by atoms with E-state index in [2.05, 4.69) is 20.1 Å². The summed E-state index contributed by atoms with van der Waals surface area (Å²) in [4.78, 5) is 14.9. The van der Waals surface area contributed by atoms with Crippen molar-refractivity contribution in [3.05, 3.63) is 89.8 Å².